The Labute approximate surface area is 90.1 Å². The van der Waals surface area contributed by atoms with Crippen molar-refractivity contribution in [2.45, 2.75) is 38.0 Å². The molecule has 0 radical (unpaired) electrons. The van der Waals surface area contributed by atoms with Crippen molar-refractivity contribution in [3.63, 3.8) is 0 Å². The molecule has 0 aliphatic rings. The molecule has 1 atom stereocenters. The van der Waals surface area contributed by atoms with Gasteiger partial charge in [0.15, 0.2) is 0 Å². The largest absolute Gasteiger partial charge is 0.207 e. The third kappa shape index (κ3) is 2.98. The predicted octanol–water partition coefficient (Wildman–Crippen LogP) is 4.12. The average Bonchev–Trinajstić information content (AvgIpc) is 2.02. The Hall–Kier alpha value is -0.560. The Kier molecular flexibility index (Phi) is 3.54. The van der Waals surface area contributed by atoms with E-state index in [2.05, 4.69) is 13.8 Å². The molecular weight excluding hydrogens is 199 g/mol. The first kappa shape index (κ1) is 11.5. The van der Waals surface area contributed by atoms with Crippen LogP contribution in [0.15, 0.2) is 24.3 Å². The Morgan fingerprint density at radius 1 is 1.29 bits per heavy atom. The molecule has 0 heterocycles. The molecule has 2 heteroatoms. The predicted molar refractivity (Wildman–Crippen MR) is 59.4 cm³/mol. The van der Waals surface area contributed by atoms with Gasteiger partial charge in [0.1, 0.15) is 5.82 Å². The molecule has 1 rings (SSSR count). The van der Waals surface area contributed by atoms with Crippen molar-refractivity contribution in [2.24, 2.45) is 0 Å². The zero-order chi connectivity index (χ0) is 10.8. The first-order valence-corrected chi connectivity index (χ1v) is 5.25. The lowest BCUT2D eigenvalue weighted by molar-refractivity contribution is 0.475. The molecule has 0 fully saturated rings. The van der Waals surface area contributed by atoms with Crippen LogP contribution in [0, 0.1) is 5.82 Å². The maximum absolute atomic E-state index is 12.7. The SMILES string of the molecule is CC(Cl)CC(C)(C)c1ccc(F)cc1. The van der Waals surface area contributed by atoms with Gasteiger partial charge in [-0.1, -0.05) is 26.0 Å². The standard InChI is InChI=1S/C12H16ClF/c1-9(13)8-12(2,3)10-4-6-11(14)7-5-10/h4-7,9H,8H2,1-3H3. The van der Waals surface area contributed by atoms with Crippen LogP contribution in [0.4, 0.5) is 4.39 Å². The molecule has 0 spiro atoms. The topological polar surface area (TPSA) is 0 Å². The number of alkyl halides is 1. The Balaban J connectivity index is 2.86. The minimum Gasteiger partial charge on any atom is -0.207 e. The van der Waals surface area contributed by atoms with Crippen LogP contribution in [0.2, 0.25) is 0 Å². The first-order chi connectivity index (χ1) is 6.42. The Morgan fingerprint density at radius 2 is 1.79 bits per heavy atom. The summed E-state index contributed by atoms with van der Waals surface area (Å²) in [4.78, 5) is 0. The van der Waals surface area contributed by atoms with Gasteiger partial charge in [-0.3, -0.25) is 0 Å². The quantitative estimate of drug-likeness (QED) is 0.664. The second-order valence-corrected chi connectivity index (χ2v) is 5.12. The van der Waals surface area contributed by atoms with Crippen LogP contribution < -0.4 is 0 Å². The molecule has 0 bridgehead atoms. The van der Waals surface area contributed by atoms with Crippen molar-refractivity contribution in [3.8, 4) is 0 Å². The summed E-state index contributed by atoms with van der Waals surface area (Å²) in [7, 11) is 0. The summed E-state index contributed by atoms with van der Waals surface area (Å²) in [5, 5.41) is 0.134. The third-order valence-electron chi connectivity index (χ3n) is 2.42. The summed E-state index contributed by atoms with van der Waals surface area (Å²) >= 11 is 5.97. The van der Waals surface area contributed by atoms with Gasteiger partial charge in [0.2, 0.25) is 0 Å². The Morgan fingerprint density at radius 3 is 2.21 bits per heavy atom. The third-order valence-corrected chi connectivity index (χ3v) is 2.57. The highest BCUT2D eigenvalue weighted by atomic mass is 35.5. The highest BCUT2D eigenvalue weighted by Gasteiger charge is 2.22. The van der Waals surface area contributed by atoms with Crippen LogP contribution in [0.5, 0.6) is 0 Å². The number of hydrogen-bond acceptors (Lipinski definition) is 0. The van der Waals surface area contributed by atoms with E-state index in [1.165, 1.54) is 12.1 Å². The van der Waals surface area contributed by atoms with Crippen LogP contribution in [-0.4, -0.2) is 5.38 Å². The van der Waals surface area contributed by atoms with E-state index in [-0.39, 0.29) is 16.6 Å². The fraction of sp³-hybridized carbons (Fsp3) is 0.500. The summed E-state index contributed by atoms with van der Waals surface area (Å²) in [6.45, 7) is 6.23. The molecule has 0 amide bonds. The van der Waals surface area contributed by atoms with Gasteiger partial charge in [-0.25, -0.2) is 4.39 Å². The molecule has 0 nitrogen and oxygen atoms in total. The number of rotatable bonds is 3. The zero-order valence-corrected chi connectivity index (χ0v) is 9.61. The van der Waals surface area contributed by atoms with Crippen LogP contribution in [0.25, 0.3) is 0 Å². The highest BCUT2D eigenvalue weighted by Crippen LogP contribution is 2.29. The van der Waals surface area contributed by atoms with E-state index >= 15 is 0 Å². The van der Waals surface area contributed by atoms with Crippen molar-refractivity contribution in [2.75, 3.05) is 0 Å². The van der Waals surface area contributed by atoms with Crippen LogP contribution >= 0.6 is 11.6 Å². The molecule has 14 heavy (non-hydrogen) atoms. The smallest absolute Gasteiger partial charge is 0.123 e. The van der Waals surface area contributed by atoms with Gasteiger partial charge in [-0.15, -0.1) is 11.6 Å². The van der Waals surface area contributed by atoms with E-state index in [0.29, 0.717) is 0 Å². The van der Waals surface area contributed by atoms with Crippen LogP contribution in [0.3, 0.4) is 0 Å². The first-order valence-electron chi connectivity index (χ1n) is 4.82. The second kappa shape index (κ2) is 4.31. The number of halogens is 2. The molecule has 0 N–H and O–H groups in total. The lowest BCUT2D eigenvalue weighted by Crippen LogP contribution is -2.20. The molecular formula is C12H16ClF. The summed E-state index contributed by atoms with van der Waals surface area (Å²) in [5.74, 6) is -0.191. The average molecular weight is 215 g/mol. The molecule has 1 aromatic carbocycles. The number of benzene rings is 1. The molecule has 0 saturated heterocycles. The maximum atomic E-state index is 12.7. The van der Waals surface area contributed by atoms with Crippen molar-refractivity contribution in [1.29, 1.82) is 0 Å². The van der Waals surface area contributed by atoms with E-state index in [9.17, 15) is 4.39 Å². The molecule has 1 aromatic rings. The van der Waals surface area contributed by atoms with Gasteiger partial charge in [0.05, 0.1) is 0 Å². The summed E-state index contributed by atoms with van der Waals surface area (Å²) in [6, 6.07) is 6.65. The monoisotopic (exact) mass is 214 g/mol. The molecule has 0 aliphatic carbocycles. The van der Waals surface area contributed by atoms with Crippen molar-refractivity contribution in [3.05, 3.63) is 35.6 Å². The highest BCUT2D eigenvalue weighted by molar-refractivity contribution is 6.20. The Bertz CT molecular complexity index is 288. The molecule has 0 aromatic heterocycles. The van der Waals surface area contributed by atoms with E-state index in [1.54, 1.807) is 0 Å². The summed E-state index contributed by atoms with van der Waals surface area (Å²) in [6.07, 6.45) is 0.889. The van der Waals surface area contributed by atoms with Gasteiger partial charge in [0.25, 0.3) is 0 Å². The van der Waals surface area contributed by atoms with Gasteiger partial charge in [-0.05, 0) is 36.5 Å². The number of hydrogen-bond donors (Lipinski definition) is 0. The van der Waals surface area contributed by atoms with Crippen molar-refractivity contribution >= 4 is 11.6 Å². The van der Waals surface area contributed by atoms with Gasteiger partial charge in [0, 0.05) is 5.38 Å². The molecule has 1 unspecified atom stereocenters. The second-order valence-electron chi connectivity index (χ2n) is 4.38. The minimum absolute atomic E-state index is 0.00880. The van der Waals surface area contributed by atoms with Gasteiger partial charge < -0.3 is 0 Å². The van der Waals surface area contributed by atoms with E-state index in [1.807, 2.05) is 19.1 Å². The molecule has 0 saturated carbocycles. The van der Waals surface area contributed by atoms with E-state index in [0.717, 1.165) is 12.0 Å². The van der Waals surface area contributed by atoms with E-state index < -0.39 is 0 Å². The lowest BCUT2D eigenvalue weighted by Gasteiger charge is -2.26. The van der Waals surface area contributed by atoms with Gasteiger partial charge in [-0.2, -0.15) is 0 Å². The van der Waals surface area contributed by atoms with E-state index in [4.69, 9.17) is 11.6 Å². The van der Waals surface area contributed by atoms with Crippen molar-refractivity contribution < 1.29 is 4.39 Å². The van der Waals surface area contributed by atoms with Crippen LogP contribution in [-0.2, 0) is 5.41 Å². The van der Waals surface area contributed by atoms with Gasteiger partial charge >= 0.3 is 0 Å². The fourth-order valence-corrected chi connectivity index (χ4v) is 2.11. The fourth-order valence-electron chi connectivity index (χ4n) is 1.72. The normalized spacial score (nSPS) is 14.1. The minimum atomic E-state index is -0.191. The molecule has 0 aliphatic heterocycles. The van der Waals surface area contributed by atoms with Crippen molar-refractivity contribution in [1.82, 2.24) is 0 Å². The molecule has 78 valence electrons. The zero-order valence-electron chi connectivity index (χ0n) is 8.85. The lowest BCUT2D eigenvalue weighted by atomic mass is 9.81. The summed E-state index contributed by atoms with van der Waals surface area (Å²) < 4.78 is 12.7. The van der Waals surface area contributed by atoms with Crippen LogP contribution in [0.1, 0.15) is 32.8 Å². The maximum Gasteiger partial charge on any atom is 0.123 e. The summed E-state index contributed by atoms with van der Waals surface area (Å²) in [5.41, 5.74) is 1.14.